The number of benzene rings is 1. The summed E-state index contributed by atoms with van der Waals surface area (Å²) in [6, 6.07) is 6.18. The molecule has 0 aliphatic carbocycles. The lowest BCUT2D eigenvalue weighted by Gasteiger charge is -2.23. The van der Waals surface area contributed by atoms with E-state index in [2.05, 4.69) is 10.6 Å². The zero-order valence-electron chi connectivity index (χ0n) is 14.9. The fourth-order valence-corrected chi connectivity index (χ4v) is 2.23. The summed E-state index contributed by atoms with van der Waals surface area (Å²) in [4.78, 5) is 36.7. The fraction of sp³-hybridized carbons (Fsp3) is 0.471. The molecule has 0 fully saturated rings. The minimum atomic E-state index is -0.570. The van der Waals surface area contributed by atoms with E-state index < -0.39 is 6.04 Å². The van der Waals surface area contributed by atoms with Crippen molar-refractivity contribution in [2.75, 3.05) is 23.7 Å². The number of amides is 3. The van der Waals surface area contributed by atoms with Crippen LogP contribution in [0.3, 0.4) is 0 Å². The van der Waals surface area contributed by atoms with Gasteiger partial charge in [-0.05, 0) is 37.6 Å². The zero-order valence-corrected chi connectivity index (χ0v) is 15.7. The van der Waals surface area contributed by atoms with Crippen molar-refractivity contribution in [2.24, 2.45) is 5.73 Å². The first kappa shape index (κ1) is 22.9. The van der Waals surface area contributed by atoms with Crippen LogP contribution in [0.15, 0.2) is 24.3 Å². The molecule has 1 aromatic rings. The molecule has 0 saturated carbocycles. The third-order valence-electron chi connectivity index (χ3n) is 3.43. The highest BCUT2D eigenvalue weighted by Crippen LogP contribution is 2.13. The van der Waals surface area contributed by atoms with Crippen LogP contribution in [0.1, 0.15) is 33.6 Å². The van der Waals surface area contributed by atoms with Crippen LogP contribution in [0.4, 0.5) is 11.4 Å². The Balaban J connectivity index is 0.00000576. The third kappa shape index (κ3) is 8.00. The van der Waals surface area contributed by atoms with E-state index in [1.807, 2.05) is 13.8 Å². The summed E-state index contributed by atoms with van der Waals surface area (Å²) in [5.74, 6) is -0.663. The van der Waals surface area contributed by atoms with Crippen molar-refractivity contribution in [3.8, 4) is 0 Å². The molecular weight excluding hydrogens is 344 g/mol. The van der Waals surface area contributed by atoms with Gasteiger partial charge in [0.25, 0.3) is 0 Å². The number of carbonyl (C=O) groups excluding carboxylic acids is 3. The minimum absolute atomic E-state index is 0. The largest absolute Gasteiger partial charge is 0.332 e. The highest BCUT2D eigenvalue weighted by molar-refractivity contribution is 5.95. The second-order valence-electron chi connectivity index (χ2n) is 5.55. The molecule has 0 radical (unpaired) electrons. The van der Waals surface area contributed by atoms with E-state index in [1.165, 1.54) is 11.8 Å². The number of hydrogen-bond acceptors (Lipinski definition) is 4. The highest BCUT2D eigenvalue weighted by Gasteiger charge is 2.21. The number of hydrogen-bond donors (Lipinski definition) is 3. The van der Waals surface area contributed by atoms with Crippen molar-refractivity contribution in [2.45, 2.75) is 39.7 Å². The molecule has 1 unspecified atom stereocenters. The Bertz CT molecular complexity index is 578. The summed E-state index contributed by atoms with van der Waals surface area (Å²) in [5, 5.41) is 5.37. The van der Waals surface area contributed by atoms with E-state index in [9.17, 15) is 14.4 Å². The number of rotatable bonds is 8. The van der Waals surface area contributed by atoms with Gasteiger partial charge in [0.15, 0.2) is 0 Å². The van der Waals surface area contributed by atoms with Gasteiger partial charge in [0, 0.05) is 24.8 Å². The highest BCUT2D eigenvalue weighted by atomic mass is 35.5. The van der Waals surface area contributed by atoms with Crippen LogP contribution in [0, 0.1) is 0 Å². The fourth-order valence-electron chi connectivity index (χ4n) is 2.23. The van der Waals surface area contributed by atoms with Gasteiger partial charge in [0.1, 0.15) is 0 Å². The second kappa shape index (κ2) is 11.4. The van der Waals surface area contributed by atoms with Gasteiger partial charge >= 0.3 is 0 Å². The van der Waals surface area contributed by atoms with Crippen molar-refractivity contribution in [3.63, 3.8) is 0 Å². The van der Waals surface area contributed by atoms with Crippen molar-refractivity contribution >= 4 is 41.5 Å². The molecule has 0 aliphatic rings. The number of anilines is 2. The van der Waals surface area contributed by atoms with Crippen LogP contribution in [0.25, 0.3) is 0 Å². The Hall–Kier alpha value is -2.12. The SMILES string of the molecule is CCCC(N)C(=O)N(CC)CC(=O)Nc1ccc(NC(C)=O)cc1.Cl. The van der Waals surface area contributed by atoms with Crippen LogP contribution >= 0.6 is 12.4 Å². The van der Waals surface area contributed by atoms with Gasteiger partial charge in [-0.3, -0.25) is 14.4 Å². The molecule has 3 amide bonds. The van der Waals surface area contributed by atoms with Crippen LogP contribution in [0.2, 0.25) is 0 Å². The molecule has 7 nitrogen and oxygen atoms in total. The number of nitrogens with two attached hydrogens (primary N) is 1. The Morgan fingerprint density at radius 2 is 1.60 bits per heavy atom. The molecule has 1 rings (SSSR count). The van der Waals surface area contributed by atoms with Crippen LogP contribution in [-0.2, 0) is 14.4 Å². The van der Waals surface area contributed by atoms with Gasteiger partial charge in [-0.1, -0.05) is 13.3 Å². The van der Waals surface area contributed by atoms with Gasteiger partial charge in [0.2, 0.25) is 17.7 Å². The predicted octanol–water partition coefficient (Wildman–Crippen LogP) is 1.98. The zero-order chi connectivity index (χ0) is 18.1. The van der Waals surface area contributed by atoms with Crippen LogP contribution in [-0.4, -0.2) is 41.8 Å². The van der Waals surface area contributed by atoms with Crippen LogP contribution < -0.4 is 16.4 Å². The van der Waals surface area contributed by atoms with Gasteiger partial charge < -0.3 is 21.3 Å². The van der Waals surface area contributed by atoms with E-state index in [0.29, 0.717) is 24.3 Å². The molecule has 8 heteroatoms. The Kier molecular flexibility index (Phi) is 10.5. The number of nitrogens with one attached hydrogen (secondary N) is 2. The Morgan fingerprint density at radius 3 is 2.04 bits per heavy atom. The van der Waals surface area contributed by atoms with Gasteiger partial charge in [-0.15, -0.1) is 12.4 Å². The van der Waals surface area contributed by atoms with E-state index in [-0.39, 0.29) is 36.7 Å². The minimum Gasteiger partial charge on any atom is -0.332 e. The first-order valence-corrected chi connectivity index (χ1v) is 8.09. The molecule has 0 aliphatic heterocycles. The maximum Gasteiger partial charge on any atom is 0.243 e. The van der Waals surface area contributed by atoms with Crippen molar-refractivity contribution in [1.82, 2.24) is 4.90 Å². The Labute approximate surface area is 154 Å². The van der Waals surface area contributed by atoms with Crippen LogP contribution in [0.5, 0.6) is 0 Å². The summed E-state index contributed by atoms with van der Waals surface area (Å²) in [7, 11) is 0. The lowest BCUT2D eigenvalue weighted by molar-refractivity contribution is -0.135. The molecule has 0 heterocycles. The van der Waals surface area contributed by atoms with Crippen molar-refractivity contribution in [3.05, 3.63) is 24.3 Å². The van der Waals surface area contributed by atoms with Crippen molar-refractivity contribution in [1.29, 1.82) is 0 Å². The lowest BCUT2D eigenvalue weighted by atomic mass is 10.1. The van der Waals surface area contributed by atoms with Gasteiger partial charge in [-0.25, -0.2) is 0 Å². The molecule has 0 bridgehead atoms. The summed E-state index contributed by atoms with van der Waals surface area (Å²) in [6.07, 6.45) is 1.42. The lowest BCUT2D eigenvalue weighted by Crippen LogP contribution is -2.46. The van der Waals surface area contributed by atoms with Crippen molar-refractivity contribution < 1.29 is 14.4 Å². The smallest absolute Gasteiger partial charge is 0.243 e. The van der Waals surface area contributed by atoms with E-state index >= 15 is 0 Å². The monoisotopic (exact) mass is 370 g/mol. The number of nitrogens with zero attached hydrogens (tertiary/aromatic N) is 1. The molecule has 0 saturated heterocycles. The third-order valence-corrected chi connectivity index (χ3v) is 3.43. The average molecular weight is 371 g/mol. The number of likely N-dealkylation sites (N-methyl/N-ethyl adjacent to an activating group) is 1. The van der Waals surface area contributed by atoms with E-state index in [0.717, 1.165) is 6.42 Å². The molecule has 25 heavy (non-hydrogen) atoms. The maximum absolute atomic E-state index is 12.2. The summed E-state index contributed by atoms with van der Waals surface area (Å²) in [5.41, 5.74) is 7.07. The number of halogens is 1. The molecule has 4 N–H and O–H groups in total. The first-order chi connectivity index (χ1) is 11.4. The predicted molar refractivity (Wildman–Crippen MR) is 102 cm³/mol. The summed E-state index contributed by atoms with van der Waals surface area (Å²) < 4.78 is 0. The molecular formula is C17H27ClN4O3. The summed E-state index contributed by atoms with van der Waals surface area (Å²) in [6.45, 7) is 5.58. The quantitative estimate of drug-likeness (QED) is 0.650. The maximum atomic E-state index is 12.2. The van der Waals surface area contributed by atoms with Gasteiger partial charge in [0.05, 0.1) is 12.6 Å². The normalized spacial score (nSPS) is 11.0. The first-order valence-electron chi connectivity index (χ1n) is 8.09. The van der Waals surface area contributed by atoms with E-state index in [4.69, 9.17) is 5.73 Å². The number of carbonyl (C=O) groups is 3. The Morgan fingerprint density at radius 1 is 1.08 bits per heavy atom. The molecule has 0 spiro atoms. The molecule has 1 aromatic carbocycles. The molecule has 1 atom stereocenters. The summed E-state index contributed by atoms with van der Waals surface area (Å²) >= 11 is 0. The molecule has 140 valence electrons. The topological polar surface area (TPSA) is 105 Å². The standard InChI is InChI=1S/C17H26N4O3.ClH/c1-4-6-15(18)17(24)21(5-2)11-16(23)20-14-9-7-13(8-10-14)19-12(3)22;/h7-10,15H,4-6,11,18H2,1-3H3,(H,19,22)(H,20,23);1H. The average Bonchev–Trinajstić information content (AvgIpc) is 2.53. The van der Waals surface area contributed by atoms with Gasteiger partial charge in [-0.2, -0.15) is 0 Å². The van der Waals surface area contributed by atoms with E-state index in [1.54, 1.807) is 24.3 Å². The second-order valence-corrected chi connectivity index (χ2v) is 5.55. The molecule has 0 aromatic heterocycles.